The Morgan fingerprint density at radius 1 is 0.575 bits per heavy atom. The van der Waals surface area contributed by atoms with Gasteiger partial charge in [0.15, 0.2) is 0 Å². The van der Waals surface area contributed by atoms with Crippen LogP contribution < -0.4 is 5.32 Å². The molecule has 2 unspecified atom stereocenters. The van der Waals surface area contributed by atoms with E-state index in [4.69, 9.17) is 0 Å². The molecule has 0 aliphatic heterocycles. The first-order valence-electron chi connectivity index (χ1n) is 17.5. The van der Waals surface area contributed by atoms with Crippen LogP contribution in [0.2, 0.25) is 0 Å². The Morgan fingerprint density at radius 2 is 0.925 bits per heavy atom. The standard InChI is InChI=1S/C36H69NO3/c1-3-4-5-6-7-8-9-10-11-12-13-14-15-16-17-18-19-20-21-22-23-24-25-26-27-28-29-30-31-32-36(40)35(33-38)37-34(2)39/h27-28,31-32,35-36,38,40H,3-26,29-30,33H2,1-2H3,(H,37,39)/b28-27+,32-31+. The van der Waals surface area contributed by atoms with Crippen molar-refractivity contribution in [2.75, 3.05) is 6.61 Å². The minimum Gasteiger partial charge on any atom is -0.394 e. The highest BCUT2D eigenvalue weighted by Crippen LogP contribution is 2.15. The zero-order valence-corrected chi connectivity index (χ0v) is 26.9. The first kappa shape index (κ1) is 38.9. The van der Waals surface area contributed by atoms with E-state index in [2.05, 4.69) is 24.4 Å². The van der Waals surface area contributed by atoms with E-state index in [9.17, 15) is 15.0 Å². The maximum atomic E-state index is 11.1. The van der Waals surface area contributed by atoms with E-state index in [1.165, 1.54) is 155 Å². The van der Waals surface area contributed by atoms with Gasteiger partial charge in [-0.3, -0.25) is 4.79 Å². The molecular formula is C36H69NO3. The number of carbonyl (C=O) groups excluding carboxylic acids is 1. The molecule has 0 bridgehead atoms. The highest BCUT2D eigenvalue weighted by atomic mass is 16.3. The Kier molecular flexibility index (Phi) is 31.5. The molecule has 0 rings (SSSR count). The van der Waals surface area contributed by atoms with Crippen LogP contribution in [0.5, 0.6) is 0 Å². The van der Waals surface area contributed by atoms with Crippen LogP contribution in [0.1, 0.15) is 181 Å². The second-order valence-electron chi connectivity index (χ2n) is 12.0. The number of nitrogens with one attached hydrogen (secondary N) is 1. The summed E-state index contributed by atoms with van der Waals surface area (Å²) in [5.41, 5.74) is 0. The van der Waals surface area contributed by atoms with Crippen molar-refractivity contribution in [2.45, 2.75) is 193 Å². The van der Waals surface area contributed by atoms with Gasteiger partial charge in [-0.1, -0.05) is 172 Å². The number of unbranched alkanes of at least 4 members (excludes halogenated alkanes) is 24. The predicted molar refractivity (Wildman–Crippen MR) is 175 cm³/mol. The van der Waals surface area contributed by atoms with Crippen LogP contribution in [-0.4, -0.2) is 34.9 Å². The van der Waals surface area contributed by atoms with Crippen molar-refractivity contribution in [3.05, 3.63) is 24.3 Å². The van der Waals surface area contributed by atoms with Gasteiger partial charge in [-0.25, -0.2) is 0 Å². The molecule has 236 valence electrons. The molecule has 2 atom stereocenters. The minimum atomic E-state index is -0.855. The summed E-state index contributed by atoms with van der Waals surface area (Å²) in [6.45, 7) is 3.40. The quantitative estimate of drug-likeness (QED) is 0.0580. The monoisotopic (exact) mass is 564 g/mol. The lowest BCUT2D eigenvalue weighted by atomic mass is 10.0. The molecule has 0 saturated heterocycles. The summed E-state index contributed by atoms with van der Waals surface area (Å²) in [5, 5.41) is 21.8. The predicted octanol–water partition coefficient (Wildman–Crippen LogP) is 10.1. The van der Waals surface area contributed by atoms with Crippen molar-refractivity contribution in [3.8, 4) is 0 Å². The molecule has 0 spiro atoms. The van der Waals surface area contributed by atoms with Crippen LogP contribution in [0.15, 0.2) is 24.3 Å². The van der Waals surface area contributed by atoms with Gasteiger partial charge in [-0.2, -0.15) is 0 Å². The highest BCUT2D eigenvalue weighted by molar-refractivity contribution is 5.73. The van der Waals surface area contributed by atoms with Crippen LogP contribution in [0.3, 0.4) is 0 Å². The van der Waals surface area contributed by atoms with Crippen LogP contribution in [0.4, 0.5) is 0 Å². The van der Waals surface area contributed by atoms with Crippen LogP contribution in [-0.2, 0) is 4.79 Å². The molecule has 0 aromatic carbocycles. The lowest BCUT2D eigenvalue weighted by molar-refractivity contribution is -0.120. The van der Waals surface area contributed by atoms with Crippen molar-refractivity contribution in [1.82, 2.24) is 5.32 Å². The molecule has 1 amide bonds. The third-order valence-electron chi connectivity index (χ3n) is 7.97. The summed E-state index contributed by atoms with van der Waals surface area (Å²) in [7, 11) is 0. The first-order valence-corrected chi connectivity index (χ1v) is 17.5. The van der Waals surface area contributed by atoms with E-state index in [-0.39, 0.29) is 12.5 Å². The molecule has 0 aliphatic rings. The number of aliphatic hydroxyl groups is 2. The summed E-state index contributed by atoms with van der Waals surface area (Å²) in [4.78, 5) is 11.1. The molecule has 0 aromatic heterocycles. The Balaban J connectivity index is 3.27. The molecule has 3 N–H and O–H groups in total. The molecule has 0 aliphatic carbocycles. The zero-order valence-electron chi connectivity index (χ0n) is 26.9. The summed E-state index contributed by atoms with van der Waals surface area (Å²) < 4.78 is 0. The topological polar surface area (TPSA) is 69.6 Å². The molecule has 0 saturated carbocycles. The Hall–Kier alpha value is -1.13. The third kappa shape index (κ3) is 29.8. The zero-order chi connectivity index (χ0) is 29.4. The van der Waals surface area contributed by atoms with E-state index >= 15 is 0 Å². The SMILES string of the molecule is CCCCCCCCCCCCCCCCCCCCCCCCC/C=C/CC/C=C/C(O)C(CO)NC(C)=O. The molecular weight excluding hydrogens is 494 g/mol. The number of allylic oxidation sites excluding steroid dienone is 3. The normalized spacial score (nSPS) is 13.4. The fraction of sp³-hybridized carbons (Fsp3) is 0.861. The van der Waals surface area contributed by atoms with Crippen molar-refractivity contribution in [3.63, 3.8) is 0 Å². The lowest BCUT2D eigenvalue weighted by Crippen LogP contribution is -2.44. The summed E-state index contributed by atoms with van der Waals surface area (Å²) in [5.74, 6) is -0.250. The molecule has 40 heavy (non-hydrogen) atoms. The molecule has 0 aromatic rings. The number of amides is 1. The van der Waals surface area contributed by atoms with Crippen LogP contribution in [0.25, 0.3) is 0 Å². The number of hydrogen-bond acceptors (Lipinski definition) is 3. The second kappa shape index (κ2) is 32.4. The van der Waals surface area contributed by atoms with Gasteiger partial charge in [0.05, 0.1) is 18.8 Å². The number of hydrogen-bond donors (Lipinski definition) is 3. The van der Waals surface area contributed by atoms with Crippen LogP contribution in [0, 0.1) is 0 Å². The molecule has 0 fully saturated rings. The largest absolute Gasteiger partial charge is 0.394 e. The van der Waals surface area contributed by atoms with Crippen molar-refractivity contribution < 1.29 is 15.0 Å². The smallest absolute Gasteiger partial charge is 0.217 e. The van der Waals surface area contributed by atoms with E-state index < -0.39 is 12.1 Å². The van der Waals surface area contributed by atoms with Gasteiger partial charge in [0.2, 0.25) is 5.91 Å². The first-order chi connectivity index (χ1) is 19.6. The fourth-order valence-corrected chi connectivity index (χ4v) is 5.35. The average molecular weight is 564 g/mol. The summed E-state index contributed by atoms with van der Waals surface area (Å²) in [6, 6.07) is -0.636. The van der Waals surface area contributed by atoms with Gasteiger partial charge >= 0.3 is 0 Å². The Morgan fingerprint density at radius 3 is 1.30 bits per heavy atom. The molecule has 0 radical (unpaired) electrons. The third-order valence-corrected chi connectivity index (χ3v) is 7.97. The number of aliphatic hydroxyl groups excluding tert-OH is 2. The van der Waals surface area contributed by atoms with Gasteiger partial charge in [0.25, 0.3) is 0 Å². The van der Waals surface area contributed by atoms with Gasteiger partial charge < -0.3 is 15.5 Å². The van der Waals surface area contributed by atoms with Crippen molar-refractivity contribution in [2.24, 2.45) is 0 Å². The maximum Gasteiger partial charge on any atom is 0.217 e. The minimum absolute atomic E-state index is 0.250. The van der Waals surface area contributed by atoms with Crippen molar-refractivity contribution in [1.29, 1.82) is 0 Å². The highest BCUT2D eigenvalue weighted by Gasteiger charge is 2.15. The Bertz CT molecular complexity index is 574. The fourth-order valence-electron chi connectivity index (χ4n) is 5.35. The second-order valence-corrected chi connectivity index (χ2v) is 12.0. The Labute approximate surface area is 249 Å². The van der Waals surface area contributed by atoms with E-state index in [0.717, 1.165) is 19.3 Å². The van der Waals surface area contributed by atoms with Crippen LogP contribution >= 0.6 is 0 Å². The maximum absolute atomic E-state index is 11.1. The van der Waals surface area contributed by atoms with Gasteiger partial charge in [0, 0.05) is 6.92 Å². The van der Waals surface area contributed by atoms with Gasteiger partial charge in [-0.15, -0.1) is 0 Å². The summed E-state index contributed by atoms with van der Waals surface area (Å²) >= 11 is 0. The van der Waals surface area contributed by atoms with Crippen molar-refractivity contribution >= 4 is 5.91 Å². The summed E-state index contributed by atoms with van der Waals surface area (Å²) in [6.07, 6.45) is 43.0. The lowest BCUT2D eigenvalue weighted by Gasteiger charge is -2.18. The van der Waals surface area contributed by atoms with Gasteiger partial charge in [0.1, 0.15) is 0 Å². The number of rotatable bonds is 31. The molecule has 4 heteroatoms. The average Bonchev–Trinajstić information content (AvgIpc) is 2.94. The van der Waals surface area contributed by atoms with E-state index in [0.29, 0.717) is 0 Å². The van der Waals surface area contributed by atoms with E-state index in [1.807, 2.05) is 6.08 Å². The van der Waals surface area contributed by atoms with E-state index in [1.54, 1.807) is 6.08 Å². The number of carbonyl (C=O) groups is 1. The van der Waals surface area contributed by atoms with Gasteiger partial charge in [-0.05, 0) is 25.7 Å². The molecule has 0 heterocycles. The molecule has 4 nitrogen and oxygen atoms in total.